The molecule has 0 amide bonds. The molecule has 2 radical (unpaired) electrons. The number of aromatic nitrogens is 4. The first-order chi connectivity index (χ1) is 8.79. The zero-order chi connectivity index (χ0) is 14.5. The van der Waals surface area contributed by atoms with Gasteiger partial charge in [0.25, 0.3) is 0 Å². The Morgan fingerprint density at radius 2 is 1.86 bits per heavy atom. The van der Waals surface area contributed by atoms with Gasteiger partial charge in [-0.25, -0.2) is 19.5 Å². The van der Waals surface area contributed by atoms with Gasteiger partial charge in [0.15, 0.2) is 7.60 Å². The predicted molar refractivity (Wildman–Crippen MR) is 70.6 cm³/mol. The molecular weight excluding hydrogens is 591 g/mol. The van der Waals surface area contributed by atoms with Crippen LogP contribution in [0.15, 0.2) is 6.33 Å². The molecule has 11 heteroatoms. The van der Waals surface area contributed by atoms with Gasteiger partial charge in [-0.3, -0.25) is 4.57 Å². The van der Waals surface area contributed by atoms with Crippen molar-refractivity contribution in [1.29, 1.82) is 0 Å². The van der Waals surface area contributed by atoms with E-state index in [9.17, 15) is 4.57 Å². The molecule has 2 aromatic heterocycles. The first-order valence-corrected chi connectivity index (χ1v) is 7.19. The van der Waals surface area contributed by atoms with E-state index >= 15 is 0 Å². The van der Waals surface area contributed by atoms with Crippen LogP contribution in [0.1, 0.15) is 18.5 Å². The average molecular weight is 606 g/mol. The summed E-state index contributed by atoms with van der Waals surface area (Å²) in [4.78, 5) is 26.9. The standard InChI is InChI=1S/C7H6N4.C3H5.CH4O3P.V.W.Y/c1-5-6-7(9-3-8-5)11(2)4-10-6;1-2-3-1;1-5(2,3)4;;;/h4H,2H2,1H3;1H,2-3H2;1H2,(H2,2,3,4);;;/q-2;2*-1;;+2;. The first-order valence-electron chi connectivity index (χ1n) is 5.39. The number of hydrogen-bond donors (Lipinski definition) is 2. The van der Waals surface area contributed by atoms with Crippen molar-refractivity contribution in [2.45, 2.75) is 19.8 Å². The van der Waals surface area contributed by atoms with E-state index in [1.165, 1.54) is 12.8 Å². The summed E-state index contributed by atoms with van der Waals surface area (Å²) < 4.78 is 10.8. The molecule has 0 atom stereocenters. The van der Waals surface area contributed by atoms with Crippen LogP contribution >= 0.6 is 7.60 Å². The van der Waals surface area contributed by atoms with Gasteiger partial charge in [-0.2, -0.15) is 0 Å². The molecule has 1 saturated carbocycles. The molecule has 2 aromatic rings. The number of rotatable bonds is 0. The summed E-state index contributed by atoms with van der Waals surface area (Å²) >= 11 is 0. The molecule has 0 saturated heterocycles. The van der Waals surface area contributed by atoms with Crippen LogP contribution in [-0.4, -0.2) is 29.3 Å². The van der Waals surface area contributed by atoms with Gasteiger partial charge in [0.05, 0.1) is 0 Å². The Balaban J connectivity index is -0.000000282. The van der Waals surface area contributed by atoms with E-state index in [0.717, 1.165) is 16.9 Å². The van der Waals surface area contributed by atoms with E-state index in [0.29, 0.717) is 0 Å². The maximum Gasteiger partial charge on any atom is 2.00 e. The van der Waals surface area contributed by atoms with Gasteiger partial charge in [0, 0.05) is 68.8 Å². The summed E-state index contributed by atoms with van der Waals surface area (Å²) in [6.07, 6.45) is 9.14. The van der Waals surface area contributed by atoms with Crippen LogP contribution in [0.2, 0.25) is 0 Å². The van der Waals surface area contributed by atoms with Gasteiger partial charge >= 0.3 is 21.1 Å². The molecule has 1 aliphatic carbocycles. The minimum atomic E-state index is -3.89. The van der Waals surface area contributed by atoms with Crippen molar-refractivity contribution in [2.24, 2.45) is 0 Å². The maximum absolute atomic E-state index is 9.22. The van der Waals surface area contributed by atoms with E-state index in [4.69, 9.17) is 9.79 Å². The third-order valence-corrected chi connectivity index (χ3v) is 1.82. The van der Waals surface area contributed by atoms with E-state index < -0.39 is 7.60 Å². The molecule has 0 bridgehead atoms. The normalized spacial score (nSPS) is 11.3. The SMILES string of the molecule is [CH-]1CC1.[CH2-]P(=O)(O)O.[CH2-]n1cnc2c(C)n[c-]nc21.[V].[W+2].[Y]. The van der Waals surface area contributed by atoms with Crippen molar-refractivity contribution in [1.82, 2.24) is 19.5 Å². The number of imidazole rings is 1. The van der Waals surface area contributed by atoms with Crippen LogP contribution in [0, 0.1) is 33.4 Å². The summed E-state index contributed by atoms with van der Waals surface area (Å²) in [5, 5.41) is 0. The Hall–Kier alpha value is 0.947. The molecule has 0 spiro atoms. The van der Waals surface area contributed by atoms with Gasteiger partial charge < -0.3 is 35.7 Å². The molecule has 3 rings (SSSR count). The molecule has 1 aliphatic rings. The zero-order valence-corrected chi connectivity index (χ0v) is 20.0. The third kappa shape index (κ3) is 13.4. The summed E-state index contributed by atoms with van der Waals surface area (Å²) in [7, 11) is -0.195. The van der Waals surface area contributed by atoms with Gasteiger partial charge in [0.1, 0.15) is 0 Å². The van der Waals surface area contributed by atoms with E-state index in [1.807, 2.05) is 6.92 Å². The minimum Gasteiger partial charge on any atom is -0.458 e. The molecule has 0 aliphatic heterocycles. The van der Waals surface area contributed by atoms with E-state index in [-0.39, 0.29) is 72.3 Å². The fourth-order valence-corrected chi connectivity index (χ4v) is 0.949. The Kier molecular flexibility index (Phi) is 16.7. The monoisotopic (exact) mass is 606 g/mol. The topological polar surface area (TPSA) is 101 Å². The van der Waals surface area contributed by atoms with Crippen molar-refractivity contribution < 1.29 is 86.7 Å². The van der Waals surface area contributed by atoms with Crippen molar-refractivity contribution in [3.05, 3.63) is 38.5 Å². The van der Waals surface area contributed by atoms with Crippen LogP contribution in [0.25, 0.3) is 11.2 Å². The molecule has 118 valence electrons. The molecule has 2 heterocycles. The maximum atomic E-state index is 9.22. The summed E-state index contributed by atoms with van der Waals surface area (Å²) in [5.41, 5.74) is 2.34. The van der Waals surface area contributed by atoms with Gasteiger partial charge in [0.2, 0.25) is 0 Å². The van der Waals surface area contributed by atoms with Crippen molar-refractivity contribution in [3.63, 3.8) is 0 Å². The fourth-order valence-electron chi connectivity index (χ4n) is 0.949. The molecular formula is C11H15N4O3PVWY-2. The fraction of sp³-hybridized carbons (Fsp3) is 0.273. The smallest absolute Gasteiger partial charge is 0.458 e. The van der Waals surface area contributed by atoms with Crippen LogP contribution < -0.4 is 0 Å². The predicted octanol–water partition coefficient (Wildman–Crippen LogP) is 1.51. The quantitative estimate of drug-likeness (QED) is 0.349. The van der Waals surface area contributed by atoms with Crippen molar-refractivity contribution in [2.75, 3.05) is 0 Å². The zero-order valence-electron chi connectivity index (χ0n) is 12.0. The molecule has 7 nitrogen and oxygen atoms in total. The van der Waals surface area contributed by atoms with Gasteiger partial charge in [-0.15, -0.1) is 7.05 Å². The summed E-state index contributed by atoms with van der Waals surface area (Å²) in [5.74, 6) is 0. The van der Waals surface area contributed by atoms with Gasteiger partial charge in [-0.05, 0) is 12.0 Å². The Bertz CT molecular complexity index is 583. The minimum absolute atomic E-state index is 0. The molecule has 22 heavy (non-hydrogen) atoms. The molecule has 1 fully saturated rings. The summed E-state index contributed by atoms with van der Waals surface area (Å²) in [6, 6.07) is 0. The Morgan fingerprint density at radius 1 is 1.41 bits per heavy atom. The number of fused-ring (bicyclic) bond motifs is 1. The molecule has 0 unspecified atom stereocenters. The second-order valence-electron chi connectivity index (χ2n) is 3.83. The Morgan fingerprint density at radius 3 is 2.23 bits per heavy atom. The number of hydrogen-bond acceptors (Lipinski definition) is 4. The van der Waals surface area contributed by atoms with Gasteiger partial charge in [-0.1, -0.05) is 6.92 Å². The number of nitrogens with zero attached hydrogens (tertiary/aromatic N) is 4. The van der Waals surface area contributed by atoms with Crippen molar-refractivity contribution >= 4 is 18.8 Å². The largest absolute Gasteiger partial charge is 2.00 e. The second-order valence-corrected chi connectivity index (χ2v) is 5.16. The average Bonchev–Trinajstić information content (AvgIpc) is 3.09. The Labute approximate surface area is 181 Å². The summed E-state index contributed by atoms with van der Waals surface area (Å²) in [6.45, 7) is 4.31. The van der Waals surface area contributed by atoms with E-state index in [1.54, 1.807) is 10.9 Å². The van der Waals surface area contributed by atoms with Crippen LogP contribution in [0.5, 0.6) is 0 Å². The number of aryl methyl sites for hydroxylation is 1. The third-order valence-electron chi connectivity index (χ3n) is 1.82. The van der Waals surface area contributed by atoms with Crippen LogP contribution in [-0.2, 0) is 76.9 Å². The van der Waals surface area contributed by atoms with Crippen molar-refractivity contribution in [3.8, 4) is 0 Å². The first kappa shape index (κ1) is 27.8. The van der Waals surface area contributed by atoms with Crippen LogP contribution in [0.3, 0.4) is 0 Å². The second kappa shape index (κ2) is 13.3. The van der Waals surface area contributed by atoms with E-state index in [2.05, 4.69) is 41.4 Å². The van der Waals surface area contributed by atoms with Crippen LogP contribution in [0.4, 0.5) is 0 Å². The molecule has 2 N–H and O–H groups in total. The molecule has 0 aromatic carbocycles.